The molecule has 0 amide bonds. The molecule has 0 bridgehead atoms. The molecule has 8 rings (SSSR count). The first-order valence-electron chi connectivity index (χ1n) is 16.1. The monoisotopic (exact) mass is 744 g/mol. The number of fused-ring (bicyclic) bond motifs is 4. The number of benzene rings is 6. The fraction of sp³-hybridized carbons (Fsp3) is 0.130. The summed E-state index contributed by atoms with van der Waals surface area (Å²) in [6, 6.07) is 53.0. The molecule has 256 valence electrons. The van der Waals surface area contributed by atoms with Crippen molar-refractivity contribution in [1.29, 1.82) is 0 Å². The van der Waals surface area contributed by atoms with Crippen LogP contribution < -0.4 is 0 Å². The van der Waals surface area contributed by atoms with Crippen molar-refractivity contribution in [2.45, 2.75) is 39.5 Å². The van der Waals surface area contributed by atoms with Crippen LogP contribution in [0.1, 0.15) is 50.7 Å². The Labute approximate surface area is 325 Å². The standard InChI is InChI=1S/2C22H19.2CH3.2ClH.Si.Ti/c2*1-15(2)18-13-17-9-6-12-21(22(17)14-18)20-11-5-8-16-7-3-4-10-19(16)20;;;;;;/h2*3-15H,1-2H3;2*1H3;2*1H;;/q4*-1;;;;. The molecule has 0 spiro atoms. The van der Waals surface area contributed by atoms with Gasteiger partial charge in [-0.15, -0.1) is 93.9 Å². The van der Waals surface area contributed by atoms with Crippen LogP contribution >= 0.6 is 24.8 Å². The minimum atomic E-state index is 0. The molecule has 0 atom stereocenters. The van der Waals surface area contributed by atoms with Gasteiger partial charge in [0.15, 0.2) is 0 Å². The Morgan fingerprint density at radius 2 is 0.720 bits per heavy atom. The van der Waals surface area contributed by atoms with Crippen molar-refractivity contribution >= 4 is 75.5 Å². The first-order chi connectivity index (χ1) is 22.5. The summed E-state index contributed by atoms with van der Waals surface area (Å²) in [6.45, 7) is 9.02. The van der Waals surface area contributed by atoms with Crippen LogP contribution in [0.25, 0.3) is 65.3 Å². The van der Waals surface area contributed by atoms with Gasteiger partial charge in [-0.25, -0.2) is 0 Å². The predicted octanol–water partition coefficient (Wildman–Crippen LogP) is 14.4. The molecule has 0 aliphatic rings. The van der Waals surface area contributed by atoms with E-state index in [1.807, 2.05) is 0 Å². The molecule has 0 aromatic heterocycles. The van der Waals surface area contributed by atoms with E-state index < -0.39 is 0 Å². The summed E-state index contributed by atoms with van der Waals surface area (Å²) >= 11 is 1.81. The van der Waals surface area contributed by atoms with Crippen molar-refractivity contribution in [3.8, 4) is 22.3 Å². The SMILES string of the molecule is CC(C)c1cc2c(-c3cccc4ccccc34)cccc2[cH-]1.CC(C)c1cc2c(-c3cccc4ccccc34)cccc2[cH-]1.Cl.Cl.[CH3-].[CH3-].[Si]=[Ti]. The van der Waals surface area contributed by atoms with Crippen LogP contribution in [-0.4, -0.2) is 7.63 Å². The molecule has 0 nitrogen and oxygen atoms in total. The third kappa shape index (κ3) is 8.71. The quantitative estimate of drug-likeness (QED) is 0.124. The molecule has 0 saturated heterocycles. The zero-order chi connectivity index (χ0) is 32.2. The van der Waals surface area contributed by atoms with Crippen LogP contribution in [0.2, 0.25) is 0 Å². The van der Waals surface area contributed by atoms with Crippen molar-refractivity contribution in [3.63, 3.8) is 0 Å². The molecule has 0 aliphatic heterocycles. The van der Waals surface area contributed by atoms with Gasteiger partial charge in [0.25, 0.3) is 0 Å². The average molecular weight is 746 g/mol. The second kappa shape index (κ2) is 19.3. The van der Waals surface area contributed by atoms with Gasteiger partial charge in [-0.05, 0) is 44.5 Å². The van der Waals surface area contributed by atoms with Crippen molar-refractivity contribution in [2.75, 3.05) is 0 Å². The summed E-state index contributed by atoms with van der Waals surface area (Å²) < 4.78 is 0. The first-order valence-corrected chi connectivity index (χ1v) is 18.9. The van der Waals surface area contributed by atoms with E-state index in [2.05, 4.69) is 181 Å². The Balaban J connectivity index is 0.000000307. The number of hydrogen-bond acceptors (Lipinski definition) is 0. The zero-order valence-corrected chi connectivity index (χ0v) is 34.0. The van der Waals surface area contributed by atoms with Gasteiger partial charge in [0, 0.05) is 0 Å². The van der Waals surface area contributed by atoms with Crippen molar-refractivity contribution in [1.82, 2.24) is 0 Å². The van der Waals surface area contributed by atoms with Crippen LogP contribution in [0.5, 0.6) is 0 Å². The van der Waals surface area contributed by atoms with Crippen molar-refractivity contribution < 1.29 is 19.2 Å². The van der Waals surface area contributed by atoms with E-state index in [-0.39, 0.29) is 39.7 Å². The molecule has 8 aromatic carbocycles. The van der Waals surface area contributed by atoms with E-state index in [0.717, 1.165) is 0 Å². The van der Waals surface area contributed by atoms with E-state index in [1.54, 1.807) is 19.2 Å². The van der Waals surface area contributed by atoms with Crippen LogP contribution in [-0.2, 0) is 19.2 Å². The summed E-state index contributed by atoms with van der Waals surface area (Å²) in [5.41, 5.74) is 8.15. The Hall–Kier alpha value is -3.43. The van der Waals surface area contributed by atoms with Crippen LogP contribution in [0, 0.1) is 14.9 Å². The maximum absolute atomic E-state index is 2.97. The Morgan fingerprint density at radius 3 is 1.08 bits per heavy atom. The molecule has 4 heteroatoms. The summed E-state index contributed by atoms with van der Waals surface area (Å²) in [4.78, 5) is 0. The van der Waals surface area contributed by atoms with Gasteiger partial charge in [0.2, 0.25) is 0 Å². The molecule has 2 radical (unpaired) electrons. The maximum atomic E-state index is 2.97. The second-order valence-electron chi connectivity index (χ2n) is 12.6. The first kappa shape index (κ1) is 42.7. The van der Waals surface area contributed by atoms with Gasteiger partial charge in [-0.2, -0.15) is 12.1 Å². The summed E-state index contributed by atoms with van der Waals surface area (Å²) in [7, 11) is 2.97. The molecule has 0 fully saturated rings. The van der Waals surface area contributed by atoms with Crippen LogP contribution in [0.3, 0.4) is 0 Å². The van der Waals surface area contributed by atoms with E-state index in [9.17, 15) is 0 Å². The van der Waals surface area contributed by atoms with Gasteiger partial charge in [-0.1, -0.05) is 136 Å². The predicted molar refractivity (Wildman–Crippen MR) is 226 cm³/mol. The molecular weight excluding hydrogens is 699 g/mol. The van der Waals surface area contributed by atoms with E-state index in [4.69, 9.17) is 0 Å². The fourth-order valence-corrected chi connectivity index (χ4v) is 6.57. The van der Waals surface area contributed by atoms with Gasteiger partial charge in [0.05, 0.1) is 0 Å². The van der Waals surface area contributed by atoms with Gasteiger partial charge < -0.3 is 14.9 Å². The van der Waals surface area contributed by atoms with E-state index in [1.165, 1.54) is 76.5 Å². The van der Waals surface area contributed by atoms with E-state index >= 15 is 0 Å². The van der Waals surface area contributed by atoms with Crippen molar-refractivity contribution in [3.05, 3.63) is 172 Å². The molecule has 0 unspecified atom stereocenters. The molecule has 0 aliphatic carbocycles. The summed E-state index contributed by atoms with van der Waals surface area (Å²) in [6.07, 6.45) is 0. The Morgan fingerprint density at radius 1 is 0.420 bits per heavy atom. The van der Waals surface area contributed by atoms with Crippen LogP contribution in [0.15, 0.2) is 146 Å². The number of rotatable bonds is 4. The Kier molecular flexibility index (Phi) is 16.5. The number of hydrogen-bond donors (Lipinski definition) is 0. The van der Waals surface area contributed by atoms with Crippen molar-refractivity contribution in [2.24, 2.45) is 0 Å². The van der Waals surface area contributed by atoms with Gasteiger partial charge in [-0.3, -0.25) is 0 Å². The second-order valence-corrected chi connectivity index (χ2v) is 12.6. The number of halogens is 2. The molecule has 50 heavy (non-hydrogen) atoms. The van der Waals surface area contributed by atoms with Crippen LogP contribution in [0.4, 0.5) is 0 Å². The fourth-order valence-electron chi connectivity index (χ4n) is 6.57. The van der Waals surface area contributed by atoms with Gasteiger partial charge in [0.1, 0.15) is 0 Å². The minimum absolute atomic E-state index is 0. The topological polar surface area (TPSA) is 0 Å². The molecule has 0 heterocycles. The summed E-state index contributed by atoms with van der Waals surface area (Å²) in [5, 5.41) is 10.7. The van der Waals surface area contributed by atoms with E-state index in [0.29, 0.717) is 11.8 Å². The van der Waals surface area contributed by atoms with Gasteiger partial charge >= 0.3 is 26.8 Å². The Bertz CT molecular complexity index is 2100. The third-order valence-electron chi connectivity index (χ3n) is 9.04. The molecular formula is C46H46Cl2SiTi-4. The normalized spacial score (nSPS) is 10.3. The average Bonchev–Trinajstić information content (AvgIpc) is 3.75. The molecule has 0 saturated carbocycles. The zero-order valence-electron chi connectivity index (χ0n) is 29.8. The third-order valence-corrected chi connectivity index (χ3v) is 9.04. The molecule has 0 N–H and O–H groups in total. The molecule has 8 aromatic rings. The summed E-state index contributed by atoms with van der Waals surface area (Å²) in [5.74, 6) is 1.13.